The molecule has 1 atom stereocenters. The summed E-state index contributed by atoms with van der Waals surface area (Å²) in [6, 6.07) is 18.7. The van der Waals surface area contributed by atoms with Gasteiger partial charge in [0.15, 0.2) is 0 Å². The van der Waals surface area contributed by atoms with E-state index in [-0.39, 0.29) is 5.82 Å². The van der Waals surface area contributed by atoms with E-state index in [0.29, 0.717) is 17.1 Å². The summed E-state index contributed by atoms with van der Waals surface area (Å²) in [5, 5.41) is 7.79. The van der Waals surface area contributed by atoms with Crippen LogP contribution in [-0.2, 0) is 7.05 Å². The first-order chi connectivity index (χ1) is 13.6. The Morgan fingerprint density at radius 3 is 2.64 bits per heavy atom. The maximum atomic E-state index is 13.8. The number of hydrogen-bond donors (Lipinski definition) is 2. The fraction of sp³-hybridized carbons (Fsp3) is 0.0909. The molecule has 0 fully saturated rings. The van der Waals surface area contributed by atoms with Gasteiger partial charge in [0.05, 0.1) is 5.69 Å². The molecule has 3 aromatic carbocycles. The number of hydrogen-bond acceptors (Lipinski definition) is 2. The van der Waals surface area contributed by atoms with Gasteiger partial charge in [-0.05, 0) is 29.1 Å². The highest BCUT2D eigenvalue weighted by Crippen LogP contribution is 2.24. The van der Waals surface area contributed by atoms with Gasteiger partial charge in [-0.25, -0.2) is 14.2 Å². The Morgan fingerprint density at radius 2 is 1.86 bits per heavy atom. The summed E-state index contributed by atoms with van der Waals surface area (Å²) in [7, 11) is 1.83. The summed E-state index contributed by atoms with van der Waals surface area (Å²) in [6.07, 6.45) is 3.43. The topological polar surface area (TPSA) is 59.0 Å². The molecule has 0 spiro atoms. The van der Waals surface area contributed by atoms with Crippen molar-refractivity contribution in [2.24, 2.45) is 7.05 Å². The molecule has 0 saturated heterocycles. The number of carbonyl (C=O) groups excluding carboxylic acids is 1. The molecule has 0 saturated carbocycles. The third kappa shape index (κ3) is 3.57. The van der Waals surface area contributed by atoms with E-state index < -0.39 is 12.1 Å². The van der Waals surface area contributed by atoms with Gasteiger partial charge in [-0.1, -0.05) is 48.5 Å². The lowest BCUT2D eigenvalue weighted by Gasteiger charge is -2.20. The molecule has 6 heteroatoms. The molecule has 2 amide bonds. The van der Waals surface area contributed by atoms with E-state index in [1.807, 2.05) is 49.5 Å². The van der Waals surface area contributed by atoms with E-state index in [9.17, 15) is 9.18 Å². The van der Waals surface area contributed by atoms with Crippen molar-refractivity contribution >= 4 is 22.5 Å². The van der Waals surface area contributed by atoms with Crippen LogP contribution in [0.4, 0.5) is 14.9 Å². The van der Waals surface area contributed by atoms with Gasteiger partial charge in [-0.3, -0.25) is 0 Å². The van der Waals surface area contributed by atoms with Crippen LogP contribution < -0.4 is 10.6 Å². The summed E-state index contributed by atoms with van der Waals surface area (Å²) in [5.41, 5.74) is 1.32. The third-order valence-electron chi connectivity index (χ3n) is 4.61. The number of urea groups is 1. The number of anilines is 1. The molecule has 4 rings (SSSR count). The monoisotopic (exact) mass is 374 g/mol. The first-order valence-electron chi connectivity index (χ1n) is 8.90. The summed E-state index contributed by atoms with van der Waals surface area (Å²) in [5.74, 6) is 0.242. The third-order valence-corrected chi connectivity index (χ3v) is 4.61. The Kier molecular flexibility index (Phi) is 4.76. The van der Waals surface area contributed by atoms with Crippen LogP contribution in [0.25, 0.3) is 10.8 Å². The average Bonchev–Trinajstić information content (AvgIpc) is 3.12. The van der Waals surface area contributed by atoms with Crippen molar-refractivity contribution < 1.29 is 9.18 Å². The minimum absolute atomic E-state index is 0.368. The normalized spacial score (nSPS) is 11.9. The number of carbonyl (C=O) groups is 1. The van der Waals surface area contributed by atoms with Crippen LogP contribution in [-0.4, -0.2) is 15.6 Å². The Hall–Kier alpha value is -3.67. The molecule has 0 aliphatic carbocycles. The number of aryl methyl sites for hydroxylation is 1. The number of halogens is 1. The number of imidazole rings is 1. The van der Waals surface area contributed by atoms with Gasteiger partial charge in [0.2, 0.25) is 0 Å². The second kappa shape index (κ2) is 7.52. The fourth-order valence-electron chi connectivity index (χ4n) is 3.26. The molecule has 5 nitrogen and oxygen atoms in total. The van der Waals surface area contributed by atoms with Gasteiger partial charge in [-0.15, -0.1) is 0 Å². The van der Waals surface area contributed by atoms with Crippen molar-refractivity contribution in [1.29, 1.82) is 0 Å². The van der Waals surface area contributed by atoms with Gasteiger partial charge in [-0.2, -0.15) is 0 Å². The number of nitrogens with zero attached hydrogens (tertiary/aromatic N) is 2. The zero-order valence-electron chi connectivity index (χ0n) is 15.3. The standard InChI is InChI=1S/C22H19FN4O/c1-27-13-12-24-21(27)20(16-8-4-9-17(23)14-16)26-22(28)25-19-11-5-7-15-6-2-3-10-18(15)19/h2-14,20H,1H3,(H2,25,26,28). The molecule has 2 N–H and O–H groups in total. The van der Waals surface area contributed by atoms with E-state index in [2.05, 4.69) is 15.6 Å². The molecule has 0 bridgehead atoms. The highest BCUT2D eigenvalue weighted by atomic mass is 19.1. The predicted octanol–water partition coefficient (Wildman–Crippen LogP) is 4.62. The fourth-order valence-corrected chi connectivity index (χ4v) is 3.26. The number of fused-ring (bicyclic) bond motifs is 1. The lowest BCUT2D eigenvalue weighted by molar-refractivity contribution is 0.249. The van der Waals surface area contributed by atoms with Gasteiger partial charge in [0, 0.05) is 24.8 Å². The highest BCUT2D eigenvalue weighted by Gasteiger charge is 2.21. The van der Waals surface area contributed by atoms with Crippen LogP contribution in [0.15, 0.2) is 79.1 Å². The lowest BCUT2D eigenvalue weighted by atomic mass is 10.1. The lowest BCUT2D eigenvalue weighted by Crippen LogP contribution is -2.34. The zero-order chi connectivity index (χ0) is 19.5. The van der Waals surface area contributed by atoms with Crippen molar-refractivity contribution in [1.82, 2.24) is 14.9 Å². The predicted molar refractivity (Wildman–Crippen MR) is 108 cm³/mol. The summed E-state index contributed by atoms with van der Waals surface area (Å²) in [6.45, 7) is 0. The number of rotatable bonds is 4. The van der Waals surface area contributed by atoms with E-state index in [1.54, 1.807) is 29.1 Å². The molecule has 0 aliphatic heterocycles. The van der Waals surface area contributed by atoms with Crippen LogP contribution in [0.3, 0.4) is 0 Å². The van der Waals surface area contributed by atoms with E-state index in [1.165, 1.54) is 12.1 Å². The van der Waals surface area contributed by atoms with Gasteiger partial charge in [0.25, 0.3) is 0 Å². The molecule has 1 unspecified atom stereocenters. The maximum absolute atomic E-state index is 13.8. The smallest absolute Gasteiger partial charge is 0.320 e. The Balaban J connectivity index is 1.63. The minimum Gasteiger partial charge on any atom is -0.336 e. The molecule has 0 aliphatic rings. The molecule has 28 heavy (non-hydrogen) atoms. The summed E-state index contributed by atoms with van der Waals surface area (Å²) in [4.78, 5) is 17.1. The van der Waals surface area contributed by atoms with Crippen molar-refractivity contribution in [2.75, 3.05) is 5.32 Å². The summed E-state index contributed by atoms with van der Waals surface area (Å²) >= 11 is 0. The van der Waals surface area contributed by atoms with E-state index >= 15 is 0 Å². The summed E-state index contributed by atoms with van der Waals surface area (Å²) < 4.78 is 15.6. The largest absolute Gasteiger partial charge is 0.336 e. The quantitative estimate of drug-likeness (QED) is 0.547. The van der Waals surface area contributed by atoms with Crippen molar-refractivity contribution in [2.45, 2.75) is 6.04 Å². The van der Waals surface area contributed by atoms with Crippen molar-refractivity contribution in [3.05, 3.63) is 96.3 Å². The molecular formula is C22H19FN4O. The Bertz CT molecular complexity index is 1130. The van der Waals surface area contributed by atoms with Gasteiger partial charge >= 0.3 is 6.03 Å². The molecule has 1 heterocycles. The minimum atomic E-state index is -0.592. The molecular weight excluding hydrogens is 355 g/mol. The first-order valence-corrected chi connectivity index (χ1v) is 8.90. The SMILES string of the molecule is Cn1ccnc1C(NC(=O)Nc1cccc2ccccc12)c1cccc(F)c1. The molecule has 140 valence electrons. The molecule has 4 aromatic rings. The first kappa shape index (κ1) is 17.7. The second-order valence-electron chi connectivity index (χ2n) is 6.51. The number of nitrogens with one attached hydrogen (secondary N) is 2. The van der Waals surface area contributed by atoms with E-state index in [0.717, 1.165) is 10.8 Å². The Labute approximate surface area is 161 Å². The van der Waals surface area contributed by atoms with Gasteiger partial charge < -0.3 is 15.2 Å². The second-order valence-corrected chi connectivity index (χ2v) is 6.51. The molecule has 0 radical (unpaired) electrons. The Morgan fingerprint density at radius 1 is 1.07 bits per heavy atom. The van der Waals surface area contributed by atoms with Crippen LogP contribution in [0, 0.1) is 5.82 Å². The van der Waals surface area contributed by atoms with Crippen LogP contribution in [0.1, 0.15) is 17.4 Å². The van der Waals surface area contributed by atoms with Crippen LogP contribution in [0.2, 0.25) is 0 Å². The average molecular weight is 374 g/mol. The van der Waals surface area contributed by atoms with Crippen LogP contribution in [0.5, 0.6) is 0 Å². The number of benzene rings is 3. The number of aromatic nitrogens is 2. The van der Waals surface area contributed by atoms with Crippen LogP contribution >= 0.6 is 0 Å². The van der Waals surface area contributed by atoms with Gasteiger partial charge in [0.1, 0.15) is 17.7 Å². The number of amides is 2. The molecule has 1 aromatic heterocycles. The zero-order valence-corrected chi connectivity index (χ0v) is 15.3. The van der Waals surface area contributed by atoms with Crippen molar-refractivity contribution in [3.63, 3.8) is 0 Å². The maximum Gasteiger partial charge on any atom is 0.320 e. The highest BCUT2D eigenvalue weighted by molar-refractivity contribution is 6.01. The van der Waals surface area contributed by atoms with E-state index in [4.69, 9.17) is 0 Å². The van der Waals surface area contributed by atoms with Crippen molar-refractivity contribution in [3.8, 4) is 0 Å².